The molecule has 0 radical (unpaired) electrons. The van der Waals surface area contributed by atoms with E-state index in [1.807, 2.05) is 6.92 Å². The van der Waals surface area contributed by atoms with Crippen LogP contribution in [0, 0.1) is 0 Å². The van der Waals surface area contributed by atoms with Crippen LogP contribution in [0.3, 0.4) is 0 Å². The van der Waals surface area contributed by atoms with Crippen molar-refractivity contribution < 1.29 is 14.0 Å². The van der Waals surface area contributed by atoms with E-state index >= 15 is 0 Å². The van der Waals surface area contributed by atoms with Gasteiger partial charge >= 0.3 is 0 Å². The Labute approximate surface area is 153 Å². The number of hydrogen-bond donors (Lipinski definition) is 0. The van der Waals surface area contributed by atoms with Crippen LogP contribution in [0.5, 0.6) is 0 Å². The molecule has 7 heteroatoms. The van der Waals surface area contributed by atoms with Gasteiger partial charge in [-0.3, -0.25) is 14.5 Å². The Balaban J connectivity index is 1.88. The van der Waals surface area contributed by atoms with E-state index < -0.39 is 0 Å². The Morgan fingerprint density at radius 3 is 2.75 bits per heavy atom. The molecule has 0 bridgehead atoms. The molecule has 1 aliphatic rings. The summed E-state index contributed by atoms with van der Waals surface area (Å²) in [6.45, 7) is 2.34. The molecule has 4 nitrogen and oxygen atoms in total. The second-order valence-electron chi connectivity index (χ2n) is 5.16. The fourth-order valence-corrected chi connectivity index (χ4v) is 3.53. The fourth-order valence-electron chi connectivity index (χ4n) is 2.31. The van der Waals surface area contributed by atoms with Gasteiger partial charge in [0.25, 0.3) is 11.1 Å². The highest BCUT2D eigenvalue weighted by Crippen LogP contribution is 2.35. The Morgan fingerprint density at radius 2 is 2.00 bits per heavy atom. The molecule has 2 amide bonds. The lowest BCUT2D eigenvalue weighted by Gasteiger charge is -2.09. The van der Waals surface area contributed by atoms with Gasteiger partial charge in [-0.2, -0.15) is 0 Å². The zero-order valence-corrected chi connectivity index (χ0v) is 15.0. The van der Waals surface area contributed by atoms with E-state index in [1.165, 1.54) is 4.90 Å². The highest BCUT2D eigenvalue weighted by molar-refractivity contribution is 8.18. The van der Waals surface area contributed by atoms with Gasteiger partial charge in [0.1, 0.15) is 11.5 Å². The quantitative estimate of drug-likeness (QED) is 0.637. The maximum atomic E-state index is 12.2. The monoisotopic (exact) mass is 381 g/mol. The largest absolute Gasteiger partial charge is 0.457 e. The van der Waals surface area contributed by atoms with E-state index in [1.54, 1.807) is 36.4 Å². The van der Waals surface area contributed by atoms with Crippen molar-refractivity contribution in [2.75, 3.05) is 6.54 Å². The highest BCUT2D eigenvalue weighted by Gasteiger charge is 2.34. The van der Waals surface area contributed by atoms with E-state index in [2.05, 4.69) is 0 Å². The lowest BCUT2D eigenvalue weighted by molar-refractivity contribution is -0.122. The van der Waals surface area contributed by atoms with Gasteiger partial charge in [0.2, 0.25) is 0 Å². The van der Waals surface area contributed by atoms with Crippen molar-refractivity contribution in [3.8, 4) is 11.3 Å². The van der Waals surface area contributed by atoms with Crippen molar-refractivity contribution in [2.45, 2.75) is 13.3 Å². The summed E-state index contributed by atoms with van der Waals surface area (Å²) < 4.78 is 5.73. The highest BCUT2D eigenvalue weighted by atomic mass is 35.5. The smallest absolute Gasteiger partial charge is 0.293 e. The molecule has 0 atom stereocenters. The molecule has 1 fully saturated rings. The summed E-state index contributed by atoms with van der Waals surface area (Å²) in [7, 11) is 0. The molecule has 2 aromatic rings. The van der Waals surface area contributed by atoms with Crippen LogP contribution >= 0.6 is 35.0 Å². The Morgan fingerprint density at radius 1 is 1.21 bits per heavy atom. The number of nitrogens with zero attached hydrogens (tertiary/aromatic N) is 1. The van der Waals surface area contributed by atoms with E-state index in [0.717, 1.165) is 18.2 Å². The number of rotatable bonds is 4. The van der Waals surface area contributed by atoms with Crippen LogP contribution < -0.4 is 0 Å². The average Bonchev–Trinajstić information content (AvgIpc) is 3.11. The first-order valence-electron chi connectivity index (χ1n) is 7.30. The Hall–Kier alpha value is -1.69. The van der Waals surface area contributed by atoms with Gasteiger partial charge in [0.05, 0.1) is 9.93 Å². The van der Waals surface area contributed by atoms with Gasteiger partial charge < -0.3 is 4.42 Å². The molecule has 0 saturated carbocycles. The average molecular weight is 382 g/mol. The van der Waals surface area contributed by atoms with E-state index in [0.29, 0.717) is 38.6 Å². The van der Waals surface area contributed by atoms with Gasteiger partial charge in [0, 0.05) is 23.2 Å². The normalized spacial score (nSPS) is 16.5. The summed E-state index contributed by atoms with van der Waals surface area (Å²) in [5, 5.41) is 0.814. The minimum atomic E-state index is -0.286. The van der Waals surface area contributed by atoms with Crippen LogP contribution in [0.1, 0.15) is 19.1 Å². The van der Waals surface area contributed by atoms with E-state index in [9.17, 15) is 9.59 Å². The first-order chi connectivity index (χ1) is 11.5. The number of amides is 2. The standard InChI is InChI=1S/C17H13Cl2NO3S/c1-2-7-20-16(21)15(24-17(20)22)9-11-4-6-14(23-11)12-8-10(18)3-5-13(12)19/h3-6,8-9H,2,7H2,1H3/b15-9+. The molecule has 1 aliphatic heterocycles. The van der Waals surface area contributed by atoms with Crippen molar-refractivity contribution >= 4 is 52.2 Å². The third kappa shape index (κ3) is 3.38. The van der Waals surface area contributed by atoms with Gasteiger partial charge in [-0.25, -0.2) is 0 Å². The molecule has 1 saturated heterocycles. The first kappa shape index (κ1) is 17.1. The topological polar surface area (TPSA) is 50.5 Å². The molecule has 124 valence electrons. The number of thioether (sulfide) groups is 1. The number of furan rings is 1. The summed E-state index contributed by atoms with van der Waals surface area (Å²) in [6.07, 6.45) is 2.30. The molecular formula is C17H13Cl2NO3S. The summed E-state index contributed by atoms with van der Waals surface area (Å²) in [5.41, 5.74) is 0.669. The van der Waals surface area contributed by atoms with Gasteiger partial charge in [-0.1, -0.05) is 30.1 Å². The SMILES string of the molecule is CCCN1C(=O)S/C(=C/c2ccc(-c3cc(Cl)ccc3Cl)o2)C1=O. The molecule has 0 spiro atoms. The van der Waals surface area contributed by atoms with Crippen molar-refractivity contribution in [1.29, 1.82) is 0 Å². The molecule has 1 aromatic heterocycles. The van der Waals surface area contributed by atoms with E-state index in [-0.39, 0.29) is 11.1 Å². The maximum Gasteiger partial charge on any atom is 0.293 e. The zero-order chi connectivity index (χ0) is 17.3. The minimum absolute atomic E-state index is 0.252. The molecule has 0 N–H and O–H groups in total. The molecule has 24 heavy (non-hydrogen) atoms. The molecule has 0 aliphatic carbocycles. The summed E-state index contributed by atoms with van der Waals surface area (Å²) in [5.74, 6) is 0.732. The lowest BCUT2D eigenvalue weighted by atomic mass is 10.2. The van der Waals surface area contributed by atoms with E-state index in [4.69, 9.17) is 27.6 Å². The number of carbonyl (C=O) groups excluding carboxylic acids is 2. The lowest BCUT2D eigenvalue weighted by Crippen LogP contribution is -2.28. The third-order valence-corrected chi connectivity index (χ3v) is 4.89. The molecule has 3 rings (SSSR count). The zero-order valence-electron chi connectivity index (χ0n) is 12.7. The minimum Gasteiger partial charge on any atom is -0.457 e. The van der Waals surface area contributed by atoms with Gasteiger partial charge in [0.15, 0.2) is 0 Å². The first-order valence-corrected chi connectivity index (χ1v) is 8.87. The van der Waals surface area contributed by atoms with Crippen LogP contribution in [-0.4, -0.2) is 22.6 Å². The van der Waals surface area contributed by atoms with Crippen LogP contribution in [-0.2, 0) is 4.79 Å². The Kier molecular flexibility index (Phi) is 5.04. The number of hydrogen-bond acceptors (Lipinski definition) is 4. The Bertz CT molecular complexity index is 844. The maximum absolute atomic E-state index is 12.2. The van der Waals surface area contributed by atoms with Crippen molar-refractivity contribution in [1.82, 2.24) is 4.90 Å². The molecule has 0 unspecified atom stereocenters. The summed E-state index contributed by atoms with van der Waals surface area (Å²) in [4.78, 5) is 25.7. The van der Waals surface area contributed by atoms with Crippen LogP contribution in [0.25, 0.3) is 17.4 Å². The predicted octanol–water partition coefficient (Wildman–Crippen LogP) is 5.70. The van der Waals surface area contributed by atoms with Crippen LogP contribution in [0.15, 0.2) is 39.7 Å². The molecule has 2 heterocycles. The summed E-state index contributed by atoms with van der Waals surface area (Å²) >= 11 is 13.1. The van der Waals surface area contributed by atoms with Crippen molar-refractivity contribution in [3.05, 3.63) is 51.0 Å². The molecular weight excluding hydrogens is 369 g/mol. The third-order valence-electron chi connectivity index (χ3n) is 3.41. The predicted molar refractivity (Wildman–Crippen MR) is 97.1 cm³/mol. The second kappa shape index (κ2) is 7.05. The summed E-state index contributed by atoms with van der Waals surface area (Å²) in [6, 6.07) is 8.57. The number of carbonyl (C=O) groups is 2. The number of halogens is 2. The number of imide groups is 1. The van der Waals surface area contributed by atoms with Crippen LogP contribution in [0.4, 0.5) is 4.79 Å². The van der Waals surface area contributed by atoms with Crippen molar-refractivity contribution in [3.63, 3.8) is 0 Å². The van der Waals surface area contributed by atoms with Crippen molar-refractivity contribution in [2.24, 2.45) is 0 Å². The fraction of sp³-hybridized carbons (Fsp3) is 0.176. The second-order valence-corrected chi connectivity index (χ2v) is 7.00. The number of benzene rings is 1. The molecule has 1 aromatic carbocycles. The van der Waals surface area contributed by atoms with Gasteiger partial charge in [-0.05, 0) is 48.5 Å². The van der Waals surface area contributed by atoms with Crippen LogP contribution in [0.2, 0.25) is 10.0 Å². The van der Waals surface area contributed by atoms with Gasteiger partial charge in [-0.15, -0.1) is 0 Å².